The van der Waals surface area contributed by atoms with Gasteiger partial charge in [-0.05, 0) is 23.6 Å². The molecule has 1 amide bonds. The number of pyridine rings is 1. The van der Waals surface area contributed by atoms with Crippen molar-refractivity contribution in [3.63, 3.8) is 0 Å². The number of carbonyl (C=O) groups is 1. The number of hydrogen-bond donors (Lipinski definition) is 1. The molecule has 1 saturated heterocycles. The molecule has 1 aliphatic heterocycles. The molecular formula is C18H19N5O4S. The van der Waals surface area contributed by atoms with E-state index in [2.05, 4.69) is 13.7 Å². The molecule has 0 saturated carbocycles. The van der Waals surface area contributed by atoms with E-state index in [1.165, 1.54) is 4.90 Å². The number of aromatic nitrogens is 3. The number of anilines is 1. The van der Waals surface area contributed by atoms with Gasteiger partial charge in [-0.2, -0.15) is 4.37 Å². The lowest BCUT2D eigenvalue weighted by atomic mass is 10.2. The maximum Gasteiger partial charge on any atom is 0.407 e. The van der Waals surface area contributed by atoms with Gasteiger partial charge in [0, 0.05) is 44.0 Å². The zero-order valence-corrected chi connectivity index (χ0v) is 15.8. The van der Waals surface area contributed by atoms with Gasteiger partial charge < -0.3 is 24.4 Å². The lowest BCUT2D eigenvalue weighted by Gasteiger charge is -2.33. The quantitative estimate of drug-likeness (QED) is 0.628. The molecule has 0 unspecified atom stereocenters. The summed E-state index contributed by atoms with van der Waals surface area (Å²) in [6, 6.07) is 7.81. The number of rotatable bonds is 6. The van der Waals surface area contributed by atoms with E-state index < -0.39 is 6.09 Å². The van der Waals surface area contributed by atoms with Crippen LogP contribution in [0.2, 0.25) is 0 Å². The minimum atomic E-state index is -0.894. The number of fused-ring (bicyclic) bond motifs is 1. The molecule has 9 nitrogen and oxygen atoms in total. The van der Waals surface area contributed by atoms with Gasteiger partial charge in [-0.15, -0.1) is 4.37 Å². The summed E-state index contributed by atoms with van der Waals surface area (Å²) in [5, 5.41) is 11.2. The molecule has 1 aromatic carbocycles. The fraction of sp³-hybridized carbons (Fsp3) is 0.333. The van der Waals surface area contributed by atoms with E-state index in [0.717, 1.165) is 28.3 Å². The molecular weight excluding hydrogens is 382 g/mol. The maximum atomic E-state index is 11.0. The normalized spacial score (nSPS) is 14.3. The summed E-state index contributed by atoms with van der Waals surface area (Å²) in [4.78, 5) is 18.5. The first-order valence-electron chi connectivity index (χ1n) is 8.85. The fourth-order valence-corrected chi connectivity index (χ4v) is 3.54. The number of amides is 1. The Hall–Kier alpha value is -3.14. The molecule has 1 aliphatic rings. The van der Waals surface area contributed by atoms with Crippen LogP contribution in [-0.4, -0.2) is 69.2 Å². The second-order valence-electron chi connectivity index (χ2n) is 6.23. The molecule has 146 valence electrons. The first-order chi connectivity index (χ1) is 13.7. The molecule has 0 bridgehead atoms. The number of carboxylic acid groups (broad SMARTS) is 1. The highest BCUT2D eigenvalue weighted by Crippen LogP contribution is 2.26. The van der Waals surface area contributed by atoms with Crippen LogP contribution < -0.4 is 14.4 Å². The van der Waals surface area contributed by atoms with Crippen molar-refractivity contribution in [2.75, 3.05) is 44.3 Å². The van der Waals surface area contributed by atoms with Gasteiger partial charge in [-0.1, -0.05) is 6.07 Å². The lowest BCUT2D eigenvalue weighted by molar-refractivity contribution is 0.142. The molecule has 1 N–H and O–H groups in total. The zero-order chi connectivity index (χ0) is 19.3. The van der Waals surface area contributed by atoms with E-state index in [4.69, 9.17) is 14.6 Å². The topological polar surface area (TPSA) is 101 Å². The van der Waals surface area contributed by atoms with Gasteiger partial charge in [0.15, 0.2) is 0 Å². The van der Waals surface area contributed by atoms with Crippen molar-refractivity contribution in [3.8, 4) is 11.6 Å². The van der Waals surface area contributed by atoms with Crippen molar-refractivity contribution >= 4 is 34.4 Å². The first kappa shape index (κ1) is 18.2. The van der Waals surface area contributed by atoms with Crippen LogP contribution in [-0.2, 0) is 0 Å². The Morgan fingerprint density at radius 3 is 2.71 bits per heavy atom. The van der Waals surface area contributed by atoms with E-state index in [9.17, 15) is 4.79 Å². The molecule has 1 fully saturated rings. The smallest absolute Gasteiger partial charge is 0.407 e. The van der Waals surface area contributed by atoms with Crippen LogP contribution in [0.5, 0.6) is 11.6 Å². The molecule has 2 aromatic heterocycles. The van der Waals surface area contributed by atoms with Crippen LogP contribution in [0, 0.1) is 0 Å². The standard InChI is InChI=1S/C18H19N5O4S/c24-18(25)23-7-5-22(6-8-23)16-17(21-28-20-16)27-10-9-26-15-2-1-13-3-4-19-12-14(13)11-15/h1-4,11-12H,5-10H2,(H,24,25). The number of nitrogens with zero attached hydrogens (tertiary/aromatic N) is 5. The van der Waals surface area contributed by atoms with Crippen LogP contribution in [0.4, 0.5) is 10.6 Å². The van der Waals surface area contributed by atoms with Crippen molar-refractivity contribution < 1.29 is 19.4 Å². The third-order valence-corrected chi connectivity index (χ3v) is 5.00. The Kier molecular flexibility index (Phi) is 5.38. The Bertz CT molecular complexity index is 958. The summed E-state index contributed by atoms with van der Waals surface area (Å²) in [5.74, 6) is 1.87. The SMILES string of the molecule is O=C(O)N1CCN(c2nsnc2OCCOc2ccc3ccncc3c2)CC1. The van der Waals surface area contributed by atoms with Crippen LogP contribution in [0.1, 0.15) is 0 Å². The predicted molar refractivity (Wildman–Crippen MR) is 104 cm³/mol. The highest BCUT2D eigenvalue weighted by molar-refractivity contribution is 6.99. The molecule has 10 heteroatoms. The minimum absolute atomic E-state index is 0.332. The van der Waals surface area contributed by atoms with E-state index in [1.54, 1.807) is 12.4 Å². The van der Waals surface area contributed by atoms with Crippen LogP contribution in [0.25, 0.3) is 10.8 Å². The van der Waals surface area contributed by atoms with Gasteiger partial charge in [0.1, 0.15) is 19.0 Å². The van der Waals surface area contributed by atoms with Crippen molar-refractivity contribution in [2.24, 2.45) is 0 Å². The Labute approximate surface area is 165 Å². The number of benzene rings is 1. The number of hydrogen-bond acceptors (Lipinski definition) is 8. The fourth-order valence-electron chi connectivity index (χ4n) is 3.02. The summed E-state index contributed by atoms with van der Waals surface area (Å²) in [6.07, 6.45) is 2.67. The van der Waals surface area contributed by atoms with Gasteiger partial charge in [-0.25, -0.2) is 4.79 Å². The highest BCUT2D eigenvalue weighted by Gasteiger charge is 2.24. The first-order valence-corrected chi connectivity index (χ1v) is 9.58. The molecule has 4 rings (SSSR count). The predicted octanol–water partition coefficient (Wildman–Crippen LogP) is 2.34. The Balaban J connectivity index is 1.29. The third kappa shape index (κ3) is 4.06. The van der Waals surface area contributed by atoms with E-state index in [1.807, 2.05) is 29.2 Å². The molecule has 3 aromatic rings. The van der Waals surface area contributed by atoms with Crippen molar-refractivity contribution in [1.82, 2.24) is 18.6 Å². The largest absolute Gasteiger partial charge is 0.490 e. The molecule has 3 heterocycles. The third-order valence-electron chi connectivity index (χ3n) is 4.49. The minimum Gasteiger partial charge on any atom is -0.490 e. The van der Waals surface area contributed by atoms with Crippen molar-refractivity contribution in [1.29, 1.82) is 0 Å². The second-order valence-corrected chi connectivity index (χ2v) is 6.76. The number of ether oxygens (including phenoxy) is 2. The number of piperazine rings is 1. The zero-order valence-electron chi connectivity index (χ0n) is 15.0. The van der Waals surface area contributed by atoms with Gasteiger partial charge >= 0.3 is 6.09 Å². The van der Waals surface area contributed by atoms with Gasteiger partial charge in [-0.3, -0.25) is 4.98 Å². The van der Waals surface area contributed by atoms with Gasteiger partial charge in [0.25, 0.3) is 5.88 Å². The van der Waals surface area contributed by atoms with Crippen LogP contribution in [0.3, 0.4) is 0 Å². The summed E-state index contributed by atoms with van der Waals surface area (Å²) in [6.45, 7) is 2.71. The molecule has 28 heavy (non-hydrogen) atoms. The van der Waals surface area contributed by atoms with Gasteiger partial charge in [0.2, 0.25) is 5.82 Å². The van der Waals surface area contributed by atoms with Crippen molar-refractivity contribution in [2.45, 2.75) is 0 Å². The van der Waals surface area contributed by atoms with E-state index >= 15 is 0 Å². The Morgan fingerprint density at radius 2 is 1.89 bits per heavy atom. The summed E-state index contributed by atoms with van der Waals surface area (Å²) >= 11 is 1.08. The van der Waals surface area contributed by atoms with Crippen LogP contribution >= 0.6 is 11.7 Å². The molecule has 0 radical (unpaired) electrons. The highest BCUT2D eigenvalue weighted by atomic mass is 32.1. The summed E-state index contributed by atoms with van der Waals surface area (Å²) in [5.41, 5.74) is 0. The van der Waals surface area contributed by atoms with Crippen molar-refractivity contribution in [3.05, 3.63) is 36.7 Å². The molecule has 0 atom stereocenters. The molecule has 0 aliphatic carbocycles. The summed E-state index contributed by atoms with van der Waals surface area (Å²) in [7, 11) is 0. The van der Waals surface area contributed by atoms with Gasteiger partial charge in [0.05, 0.1) is 11.7 Å². The lowest BCUT2D eigenvalue weighted by Crippen LogP contribution is -2.48. The average Bonchev–Trinajstić information content (AvgIpc) is 3.19. The average molecular weight is 401 g/mol. The Morgan fingerprint density at radius 1 is 1.07 bits per heavy atom. The van der Waals surface area contributed by atoms with Crippen LogP contribution in [0.15, 0.2) is 36.7 Å². The second kappa shape index (κ2) is 8.26. The molecule has 0 spiro atoms. The van der Waals surface area contributed by atoms with E-state index in [-0.39, 0.29) is 0 Å². The summed E-state index contributed by atoms with van der Waals surface area (Å²) < 4.78 is 20.0. The monoisotopic (exact) mass is 401 g/mol. The maximum absolute atomic E-state index is 11.0. The van der Waals surface area contributed by atoms with E-state index in [0.29, 0.717) is 51.1 Å².